The lowest BCUT2D eigenvalue weighted by molar-refractivity contribution is 0.711. The minimum absolute atomic E-state index is 0.388. The first-order valence-electron chi connectivity index (χ1n) is 4.17. The smallest absolute Gasteiger partial charge is 0.0891 e. The van der Waals surface area contributed by atoms with E-state index >= 15 is 0 Å². The largest absolute Gasteiger partial charge is 0.369 e. The minimum atomic E-state index is 0.388. The van der Waals surface area contributed by atoms with Gasteiger partial charge in [0.25, 0.3) is 0 Å². The van der Waals surface area contributed by atoms with Crippen molar-refractivity contribution in [1.82, 2.24) is 5.32 Å². The first-order valence-corrected chi connectivity index (χ1v) is 4.17. The third kappa shape index (κ3) is 0.998. The van der Waals surface area contributed by atoms with Crippen LogP contribution in [0.4, 0.5) is 5.69 Å². The van der Waals surface area contributed by atoms with Gasteiger partial charge < -0.3 is 5.32 Å². The molecular weight excluding hydrogens is 148 g/mol. The topological polar surface area (TPSA) is 24.4 Å². The quantitative estimate of drug-likeness (QED) is 0.618. The van der Waals surface area contributed by atoms with E-state index in [2.05, 4.69) is 36.3 Å². The summed E-state index contributed by atoms with van der Waals surface area (Å²) in [7, 11) is 0. The zero-order chi connectivity index (χ0) is 8.55. The van der Waals surface area contributed by atoms with E-state index < -0.39 is 0 Å². The van der Waals surface area contributed by atoms with Crippen molar-refractivity contribution in [2.24, 2.45) is 4.99 Å². The van der Waals surface area contributed by atoms with E-state index in [-0.39, 0.29) is 0 Å². The molecule has 1 heterocycles. The van der Waals surface area contributed by atoms with Crippen molar-refractivity contribution in [2.45, 2.75) is 19.9 Å². The zero-order valence-corrected chi connectivity index (χ0v) is 7.33. The van der Waals surface area contributed by atoms with Crippen LogP contribution in [-0.4, -0.2) is 6.34 Å². The van der Waals surface area contributed by atoms with E-state index in [4.69, 9.17) is 0 Å². The fraction of sp³-hybridized carbons (Fsp3) is 0.300. The normalized spacial score (nSPS) is 20.0. The lowest BCUT2D eigenvalue weighted by Gasteiger charge is -2.20. The summed E-state index contributed by atoms with van der Waals surface area (Å²) in [6.45, 7) is 4.27. The maximum absolute atomic E-state index is 4.27. The molecule has 0 aromatic heterocycles. The van der Waals surface area contributed by atoms with Crippen LogP contribution in [0, 0.1) is 6.92 Å². The summed E-state index contributed by atoms with van der Waals surface area (Å²) in [6.07, 6.45) is 1.77. The second kappa shape index (κ2) is 2.63. The van der Waals surface area contributed by atoms with Gasteiger partial charge in [0.05, 0.1) is 18.1 Å². The van der Waals surface area contributed by atoms with Crippen LogP contribution >= 0.6 is 0 Å². The van der Waals surface area contributed by atoms with Crippen molar-refractivity contribution in [3.05, 3.63) is 29.3 Å². The third-order valence-corrected chi connectivity index (χ3v) is 2.26. The standard InChI is InChI=1S/C10H12N2/c1-7-4-3-5-9-10(7)8(2)11-6-12-9/h3-6,8H,1-2H3,(H,11,12). The van der Waals surface area contributed by atoms with Crippen LogP contribution in [0.15, 0.2) is 23.2 Å². The lowest BCUT2D eigenvalue weighted by Crippen LogP contribution is -2.20. The Kier molecular flexibility index (Phi) is 1.61. The molecule has 1 aliphatic heterocycles. The summed E-state index contributed by atoms with van der Waals surface area (Å²) < 4.78 is 0. The van der Waals surface area contributed by atoms with Gasteiger partial charge >= 0.3 is 0 Å². The Morgan fingerprint density at radius 1 is 1.42 bits per heavy atom. The molecule has 0 amide bonds. The number of nitrogens with zero attached hydrogens (tertiary/aromatic N) is 1. The number of nitrogens with one attached hydrogen (secondary N) is 1. The van der Waals surface area contributed by atoms with Gasteiger partial charge in [0, 0.05) is 5.56 Å². The molecule has 1 unspecified atom stereocenters. The second-order valence-corrected chi connectivity index (χ2v) is 3.15. The predicted octanol–water partition coefficient (Wildman–Crippen LogP) is 2.32. The number of benzene rings is 1. The van der Waals surface area contributed by atoms with Gasteiger partial charge in [-0.05, 0) is 25.5 Å². The highest BCUT2D eigenvalue weighted by Gasteiger charge is 2.13. The Morgan fingerprint density at radius 3 is 3.00 bits per heavy atom. The molecule has 2 heteroatoms. The number of aryl methyl sites for hydroxylation is 1. The van der Waals surface area contributed by atoms with E-state index in [9.17, 15) is 0 Å². The fourth-order valence-corrected chi connectivity index (χ4v) is 1.64. The molecule has 0 saturated heterocycles. The predicted molar refractivity (Wildman–Crippen MR) is 50.9 cm³/mol. The van der Waals surface area contributed by atoms with Gasteiger partial charge in [-0.2, -0.15) is 0 Å². The summed E-state index contributed by atoms with van der Waals surface area (Å²) in [5.74, 6) is 0. The van der Waals surface area contributed by atoms with Crippen molar-refractivity contribution in [1.29, 1.82) is 0 Å². The van der Waals surface area contributed by atoms with Crippen LogP contribution in [0.2, 0.25) is 0 Å². The maximum atomic E-state index is 4.27. The number of aliphatic imine (C=N–C) groups is 1. The molecule has 1 atom stereocenters. The number of fused-ring (bicyclic) bond motifs is 1. The number of rotatable bonds is 0. The van der Waals surface area contributed by atoms with Gasteiger partial charge in [0.15, 0.2) is 0 Å². The van der Waals surface area contributed by atoms with Crippen LogP contribution < -0.4 is 5.32 Å². The summed E-state index contributed by atoms with van der Waals surface area (Å²) >= 11 is 0. The van der Waals surface area contributed by atoms with Crippen molar-refractivity contribution >= 4 is 12.0 Å². The molecule has 1 aromatic rings. The fourth-order valence-electron chi connectivity index (χ4n) is 1.64. The van der Waals surface area contributed by atoms with E-state index in [1.54, 1.807) is 6.34 Å². The second-order valence-electron chi connectivity index (χ2n) is 3.15. The van der Waals surface area contributed by atoms with Gasteiger partial charge in [-0.1, -0.05) is 12.1 Å². The molecule has 2 rings (SSSR count). The molecule has 0 spiro atoms. The summed E-state index contributed by atoms with van der Waals surface area (Å²) in [6, 6.07) is 6.61. The van der Waals surface area contributed by atoms with Gasteiger partial charge in [-0.3, -0.25) is 0 Å². The molecule has 0 aliphatic carbocycles. The molecule has 0 saturated carbocycles. The van der Waals surface area contributed by atoms with E-state index in [0.29, 0.717) is 6.04 Å². The molecule has 1 aromatic carbocycles. The van der Waals surface area contributed by atoms with Gasteiger partial charge in [-0.25, -0.2) is 4.99 Å². The van der Waals surface area contributed by atoms with Crippen LogP contribution in [-0.2, 0) is 0 Å². The maximum Gasteiger partial charge on any atom is 0.0891 e. The average molecular weight is 160 g/mol. The Morgan fingerprint density at radius 2 is 2.25 bits per heavy atom. The highest BCUT2D eigenvalue weighted by atomic mass is 15.0. The van der Waals surface area contributed by atoms with Crippen LogP contribution in [0.1, 0.15) is 24.1 Å². The first-order chi connectivity index (χ1) is 5.79. The molecule has 12 heavy (non-hydrogen) atoms. The van der Waals surface area contributed by atoms with Crippen LogP contribution in [0.3, 0.4) is 0 Å². The highest BCUT2D eigenvalue weighted by molar-refractivity contribution is 5.68. The molecule has 0 bridgehead atoms. The Bertz CT molecular complexity index is 329. The number of hydrogen-bond acceptors (Lipinski definition) is 2. The van der Waals surface area contributed by atoms with Crippen molar-refractivity contribution < 1.29 is 0 Å². The van der Waals surface area contributed by atoms with Gasteiger partial charge in [0.2, 0.25) is 0 Å². The summed E-state index contributed by atoms with van der Waals surface area (Å²) in [5.41, 5.74) is 3.73. The third-order valence-electron chi connectivity index (χ3n) is 2.26. The van der Waals surface area contributed by atoms with Crippen molar-refractivity contribution in [2.75, 3.05) is 0 Å². The molecular formula is C10H12N2. The van der Waals surface area contributed by atoms with Crippen LogP contribution in [0.5, 0.6) is 0 Å². The molecule has 62 valence electrons. The van der Waals surface area contributed by atoms with E-state index in [0.717, 1.165) is 5.69 Å². The summed E-state index contributed by atoms with van der Waals surface area (Å²) in [4.78, 5) is 4.27. The van der Waals surface area contributed by atoms with Crippen molar-refractivity contribution in [3.8, 4) is 0 Å². The monoisotopic (exact) mass is 160 g/mol. The highest BCUT2D eigenvalue weighted by Crippen LogP contribution is 2.30. The minimum Gasteiger partial charge on any atom is -0.369 e. The van der Waals surface area contributed by atoms with Gasteiger partial charge in [0.1, 0.15) is 0 Å². The summed E-state index contributed by atoms with van der Waals surface area (Å²) in [5, 5.41) is 3.19. The molecule has 2 nitrogen and oxygen atoms in total. The molecule has 0 fully saturated rings. The SMILES string of the molecule is Cc1cccc2c1C(C)NC=N2. The molecule has 1 N–H and O–H groups in total. The Hall–Kier alpha value is -1.31. The van der Waals surface area contributed by atoms with E-state index in [1.165, 1.54) is 11.1 Å². The molecule has 1 aliphatic rings. The zero-order valence-electron chi connectivity index (χ0n) is 7.33. The number of hydrogen-bond donors (Lipinski definition) is 1. The Balaban J connectivity index is 2.62. The Labute approximate surface area is 72.3 Å². The first kappa shape index (κ1) is 7.35. The lowest BCUT2D eigenvalue weighted by atomic mass is 10.00. The van der Waals surface area contributed by atoms with Crippen LogP contribution in [0.25, 0.3) is 0 Å². The van der Waals surface area contributed by atoms with Gasteiger partial charge in [-0.15, -0.1) is 0 Å². The van der Waals surface area contributed by atoms with Crippen molar-refractivity contribution in [3.63, 3.8) is 0 Å². The van der Waals surface area contributed by atoms with E-state index in [1.807, 2.05) is 6.07 Å². The molecule has 0 radical (unpaired) electrons. The average Bonchev–Trinajstić information content (AvgIpc) is 2.04.